The number of rotatable bonds is 3. The van der Waals surface area contributed by atoms with Crippen LogP contribution in [0.1, 0.15) is 36.1 Å². The van der Waals surface area contributed by atoms with Crippen molar-refractivity contribution in [1.82, 2.24) is 14.9 Å². The van der Waals surface area contributed by atoms with E-state index in [0.717, 1.165) is 68.7 Å². The van der Waals surface area contributed by atoms with E-state index in [-0.39, 0.29) is 16.8 Å². The Morgan fingerprint density at radius 2 is 2.00 bits per heavy atom. The van der Waals surface area contributed by atoms with Crippen LogP contribution in [-0.4, -0.2) is 54.3 Å². The van der Waals surface area contributed by atoms with Crippen LogP contribution in [0.2, 0.25) is 0 Å². The number of morpholine rings is 1. The Labute approximate surface area is 169 Å². The van der Waals surface area contributed by atoms with Crippen molar-refractivity contribution in [2.45, 2.75) is 37.6 Å². The van der Waals surface area contributed by atoms with E-state index < -0.39 is 0 Å². The molecule has 1 spiro atoms. The lowest BCUT2D eigenvalue weighted by atomic mass is 9.77. The van der Waals surface area contributed by atoms with Gasteiger partial charge in [0.1, 0.15) is 5.82 Å². The van der Waals surface area contributed by atoms with Gasteiger partial charge in [-0.3, -0.25) is 14.7 Å². The van der Waals surface area contributed by atoms with Crippen molar-refractivity contribution in [1.29, 1.82) is 0 Å². The first-order valence-electron chi connectivity index (χ1n) is 10.6. The Balaban J connectivity index is 1.44. The molecule has 0 saturated carbocycles. The van der Waals surface area contributed by atoms with Crippen LogP contribution in [0.4, 0.5) is 10.3 Å². The van der Waals surface area contributed by atoms with Gasteiger partial charge in [-0.1, -0.05) is 18.2 Å². The van der Waals surface area contributed by atoms with E-state index >= 15 is 0 Å². The maximum absolute atomic E-state index is 14.2. The van der Waals surface area contributed by atoms with Gasteiger partial charge in [0, 0.05) is 42.7 Å². The van der Waals surface area contributed by atoms with Crippen molar-refractivity contribution < 1.29 is 9.13 Å². The number of hydrogen-bond acceptors (Lipinski definition) is 5. The van der Waals surface area contributed by atoms with Crippen molar-refractivity contribution in [3.05, 3.63) is 57.3 Å². The molecule has 7 heteroatoms. The van der Waals surface area contributed by atoms with Gasteiger partial charge in [-0.05, 0) is 38.3 Å². The number of fused-ring (bicyclic) bond motifs is 2. The number of aromatic nitrogens is 2. The molecule has 1 unspecified atom stereocenters. The first-order chi connectivity index (χ1) is 14.1. The van der Waals surface area contributed by atoms with Gasteiger partial charge in [0.2, 0.25) is 5.95 Å². The molecule has 1 aromatic carbocycles. The molecule has 6 nitrogen and oxygen atoms in total. The van der Waals surface area contributed by atoms with Crippen molar-refractivity contribution in [3.8, 4) is 0 Å². The van der Waals surface area contributed by atoms with Gasteiger partial charge in [-0.15, -0.1) is 0 Å². The molecule has 2 fully saturated rings. The average molecular weight is 398 g/mol. The lowest BCUT2D eigenvalue weighted by molar-refractivity contribution is 0.121. The fraction of sp³-hybridized carbons (Fsp3) is 0.545. The van der Waals surface area contributed by atoms with Gasteiger partial charge in [0.15, 0.2) is 0 Å². The molecule has 2 saturated heterocycles. The fourth-order valence-corrected chi connectivity index (χ4v) is 5.19. The predicted octanol–water partition coefficient (Wildman–Crippen LogP) is 2.23. The number of halogens is 1. The third-order valence-electron chi connectivity index (χ3n) is 6.68. The Bertz CT molecular complexity index is 956. The smallest absolute Gasteiger partial charge is 0.255 e. The lowest BCUT2D eigenvalue weighted by Gasteiger charge is -2.41. The van der Waals surface area contributed by atoms with Crippen molar-refractivity contribution >= 4 is 5.95 Å². The zero-order valence-electron chi connectivity index (χ0n) is 16.6. The normalized spacial score (nSPS) is 24.8. The molecule has 1 aliphatic carbocycles. The Morgan fingerprint density at radius 1 is 1.17 bits per heavy atom. The van der Waals surface area contributed by atoms with Crippen LogP contribution in [0.15, 0.2) is 29.1 Å². The molecule has 1 atom stereocenters. The molecule has 2 aromatic rings. The van der Waals surface area contributed by atoms with Crippen LogP contribution in [-0.2, 0) is 23.1 Å². The largest absolute Gasteiger partial charge is 0.378 e. The third-order valence-corrected chi connectivity index (χ3v) is 6.68. The van der Waals surface area contributed by atoms with Crippen molar-refractivity contribution in [3.63, 3.8) is 0 Å². The molecule has 29 heavy (non-hydrogen) atoms. The fourth-order valence-electron chi connectivity index (χ4n) is 5.19. The highest BCUT2D eigenvalue weighted by atomic mass is 19.1. The number of hydrogen-bond donors (Lipinski definition) is 1. The number of likely N-dealkylation sites (tertiary alicyclic amines) is 1. The molecular weight excluding hydrogens is 371 g/mol. The van der Waals surface area contributed by atoms with E-state index in [1.807, 2.05) is 12.1 Å². The summed E-state index contributed by atoms with van der Waals surface area (Å²) in [6.07, 6.45) is 3.79. The molecule has 2 aliphatic heterocycles. The van der Waals surface area contributed by atoms with Gasteiger partial charge in [-0.25, -0.2) is 9.37 Å². The Kier molecular flexibility index (Phi) is 4.87. The number of aromatic amines is 1. The zero-order valence-corrected chi connectivity index (χ0v) is 16.6. The molecular formula is C22H27FN4O2. The van der Waals surface area contributed by atoms with Gasteiger partial charge >= 0.3 is 0 Å². The Hall–Kier alpha value is -2.25. The minimum atomic E-state index is -0.150. The van der Waals surface area contributed by atoms with E-state index in [0.29, 0.717) is 25.7 Å². The third kappa shape index (κ3) is 3.46. The molecule has 1 N–H and O–H groups in total. The van der Waals surface area contributed by atoms with Crippen molar-refractivity contribution in [2.24, 2.45) is 0 Å². The SMILES string of the molecule is O=c1[nH]c(N2CCOCC2)nc2c1CCC21CCCN(Cc2ccccc2F)C1. The summed E-state index contributed by atoms with van der Waals surface area (Å²) in [6, 6.07) is 7.00. The number of H-pyrrole nitrogens is 1. The topological polar surface area (TPSA) is 61.5 Å². The molecule has 0 bridgehead atoms. The molecule has 3 heterocycles. The number of nitrogens with zero attached hydrogens (tertiary/aromatic N) is 3. The van der Waals surface area contributed by atoms with Gasteiger partial charge in [0.25, 0.3) is 5.56 Å². The van der Waals surface area contributed by atoms with Crippen LogP contribution in [0.25, 0.3) is 0 Å². The van der Waals surface area contributed by atoms with Gasteiger partial charge < -0.3 is 9.64 Å². The van der Waals surface area contributed by atoms with E-state index in [1.54, 1.807) is 6.07 Å². The highest BCUT2D eigenvalue weighted by molar-refractivity contribution is 5.40. The van der Waals surface area contributed by atoms with Crippen LogP contribution in [0, 0.1) is 5.82 Å². The summed E-state index contributed by atoms with van der Waals surface area (Å²) >= 11 is 0. The minimum absolute atomic E-state index is 0.000376. The second-order valence-electron chi connectivity index (χ2n) is 8.50. The first kappa shape index (κ1) is 18.8. The summed E-state index contributed by atoms with van der Waals surface area (Å²) in [4.78, 5) is 25.2. The molecule has 1 aromatic heterocycles. The average Bonchev–Trinajstić information content (AvgIpc) is 3.09. The summed E-state index contributed by atoms with van der Waals surface area (Å²) in [5.74, 6) is 0.521. The van der Waals surface area contributed by atoms with Gasteiger partial charge in [-0.2, -0.15) is 0 Å². The number of benzene rings is 1. The summed E-state index contributed by atoms with van der Waals surface area (Å²) in [5, 5.41) is 0. The molecule has 154 valence electrons. The maximum atomic E-state index is 14.2. The highest BCUT2D eigenvalue weighted by Gasteiger charge is 2.45. The monoisotopic (exact) mass is 398 g/mol. The van der Waals surface area contributed by atoms with E-state index in [2.05, 4.69) is 14.8 Å². The second-order valence-corrected chi connectivity index (χ2v) is 8.50. The quantitative estimate of drug-likeness (QED) is 0.859. The molecule has 3 aliphatic rings. The maximum Gasteiger partial charge on any atom is 0.255 e. The molecule has 0 radical (unpaired) electrons. The number of ether oxygens (including phenoxy) is 1. The zero-order chi connectivity index (χ0) is 19.8. The highest BCUT2D eigenvalue weighted by Crippen LogP contribution is 2.43. The standard InChI is InChI=1S/C22H27FN4O2/c23-18-5-2-1-4-16(18)14-26-9-3-7-22(15-26)8-6-17-19(22)24-21(25-20(17)28)27-10-12-29-13-11-27/h1-2,4-5H,3,6-15H2,(H,24,25,28). The summed E-state index contributed by atoms with van der Waals surface area (Å²) in [5.41, 5.74) is 2.44. The lowest BCUT2D eigenvalue weighted by Crippen LogP contribution is -2.46. The predicted molar refractivity (Wildman–Crippen MR) is 109 cm³/mol. The molecule has 5 rings (SSSR count). The summed E-state index contributed by atoms with van der Waals surface area (Å²) in [7, 11) is 0. The van der Waals surface area contributed by atoms with Gasteiger partial charge in [0.05, 0.1) is 18.9 Å². The van der Waals surface area contributed by atoms with Crippen LogP contribution in [0.3, 0.4) is 0 Å². The van der Waals surface area contributed by atoms with E-state index in [9.17, 15) is 9.18 Å². The van der Waals surface area contributed by atoms with Crippen LogP contribution < -0.4 is 10.5 Å². The van der Waals surface area contributed by atoms with Crippen LogP contribution >= 0.6 is 0 Å². The summed E-state index contributed by atoms with van der Waals surface area (Å²) < 4.78 is 19.6. The van der Waals surface area contributed by atoms with Crippen LogP contribution in [0.5, 0.6) is 0 Å². The molecule has 0 amide bonds. The Morgan fingerprint density at radius 3 is 2.83 bits per heavy atom. The van der Waals surface area contributed by atoms with E-state index in [4.69, 9.17) is 9.72 Å². The minimum Gasteiger partial charge on any atom is -0.378 e. The van der Waals surface area contributed by atoms with Crippen molar-refractivity contribution in [2.75, 3.05) is 44.3 Å². The first-order valence-corrected chi connectivity index (χ1v) is 10.6. The summed E-state index contributed by atoms with van der Waals surface area (Å²) in [6.45, 7) is 5.18. The number of anilines is 1. The van der Waals surface area contributed by atoms with E-state index in [1.165, 1.54) is 6.07 Å². The number of nitrogens with one attached hydrogen (secondary N) is 1. The number of piperidine rings is 1. The second kappa shape index (κ2) is 7.54.